The second-order valence-corrected chi connectivity index (χ2v) is 7.75. The molecule has 2 aromatic rings. The first-order valence-electron chi connectivity index (χ1n) is 9.57. The first-order chi connectivity index (χ1) is 13.6. The maximum absolute atomic E-state index is 12.8. The fourth-order valence-corrected chi connectivity index (χ4v) is 3.90. The van der Waals surface area contributed by atoms with E-state index in [1.54, 1.807) is 0 Å². The van der Waals surface area contributed by atoms with Crippen LogP contribution in [0.2, 0.25) is 0 Å². The number of alkyl halides is 3. The van der Waals surface area contributed by atoms with E-state index in [1.807, 2.05) is 20.8 Å². The van der Waals surface area contributed by atoms with Crippen molar-refractivity contribution in [2.75, 3.05) is 10.6 Å². The zero-order chi connectivity index (χ0) is 21.3. The lowest BCUT2D eigenvalue weighted by atomic mass is 9.97. The van der Waals surface area contributed by atoms with Gasteiger partial charge >= 0.3 is 6.18 Å². The molecule has 0 saturated heterocycles. The van der Waals surface area contributed by atoms with Crippen LogP contribution >= 0.6 is 0 Å². The minimum atomic E-state index is -4.34. The number of hydrogen-bond acceptors (Lipinski definition) is 2. The van der Waals surface area contributed by atoms with Crippen molar-refractivity contribution in [3.63, 3.8) is 0 Å². The summed E-state index contributed by atoms with van der Waals surface area (Å²) in [5.41, 5.74) is 5.99. The van der Waals surface area contributed by atoms with Gasteiger partial charge in [-0.25, -0.2) is 0 Å². The average Bonchev–Trinajstić information content (AvgIpc) is 3.00. The molecule has 1 aliphatic rings. The van der Waals surface area contributed by atoms with E-state index >= 15 is 0 Å². The van der Waals surface area contributed by atoms with Gasteiger partial charge in [-0.3, -0.25) is 4.79 Å². The molecule has 154 valence electrons. The van der Waals surface area contributed by atoms with Crippen LogP contribution in [0.3, 0.4) is 0 Å². The van der Waals surface area contributed by atoms with Crippen LogP contribution in [-0.2, 0) is 17.4 Å². The molecule has 2 N–H and O–H groups in total. The van der Waals surface area contributed by atoms with Crippen molar-refractivity contribution in [2.24, 2.45) is 0 Å². The van der Waals surface area contributed by atoms with Gasteiger partial charge in [-0.1, -0.05) is 18.2 Å². The molecule has 2 aromatic carbocycles. The van der Waals surface area contributed by atoms with E-state index in [4.69, 9.17) is 0 Å². The highest BCUT2D eigenvalue weighted by Crippen LogP contribution is 2.40. The van der Waals surface area contributed by atoms with Crippen LogP contribution in [0.25, 0.3) is 0 Å². The molecular weight excluding hydrogens is 377 g/mol. The molecule has 1 atom stereocenters. The maximum Gasteiger partial charge on any atom is 0.416 e. The summed E-state index contributed by atoms with van der Waals surface area (Å²) in [5.74, 6) is -0.0823. The Morgan fingerprint density at radius 3 is 2.45 bits per heavy atom. The van der Waals surface area contributed by atoms with E-state index in [1.165, 1.54) is 17.7 Å². The molecule has 0 aliphatic heterocycles. The smallest absolute Gasteiger partial charge is 0.378 e. The number of nitrogens with one attached hydrogen (secondary N) is 2. The molecule has 6 heteroatoms. The summed E-state index contributed by atoms with van der Waals surface area (Å²) in [4.78, 5) is 12.2. The maximum atomic E-state index is 12.8. The van der Waals surface area contributed by atoms with Crippen molar-refractivity contribution in [1.29, 1.82) is 0 Å². The normalized spacial score (nSPS) is 15.7. The highest BCUT2D eigenvalue weighted by molar-refractivity contribution is 5.94. The number of aryl methyl sites for hydroxylation is 1. The largest absolute Gasteiger partial charge is 0.416 e. The highest BCUT2D eigenvalue weighted by atomic mass is 19.4. The number of hydrogen-bond donors (Lipinski definition) is 2. The lowest BCUT2D eigenvalue weighted by molar-refractivity contribution is -0.137. The van der Waals surface area contributed by atoms with Crippen molar-refractivity contribution in [3.05, 3.63) is 70.3 Å². The molecular formula is C23H25F3N2O. The highest BCUT2D eigenvalue weighted by Gasteiger charge is 2.30. The van der Waals surface area contributed by atoms with Crippen LogP contribution in [0.15, 0.2) is 42.5 Å². The van der Waals surface area contributed by atoms with Crippen LogP contribution in [0.4, 0.5) is 24.5 Å². The molecule has 1 amide bonds. The minimum Gasteiger partial charge on any atom is -0.378 e. The second-order valence-electron chi connectivity index (χ2n) is 7.75. The van der Waals surface area contributed by atoms with E-state index in [-0.39, 0.29) is 18.4 Å². The number of carbonyl (C=O) groups excluding carboxylic acids is 1. The number of halogens is 3. The summed E-state index contributed by atoms with van der Waals surface area (Å²) in [6.45, 7) is 9.55. The van der Waals surface area contributed by atoms with Gasteiger partial charge in [0, 0.05) is 17.8 Å². The molecule has 3 nitrogen and oxygen atoms in total. The molecule has 0 saturated carbocycles. The van der Waals surface area contributed by atoms with Gasteiger partial charge in [0.15, 0.2) is 0 Å². The number of benzene rings is 2. The summed E-state index contributed by atoms with van der Waals surface area (Å²) < 4.78 is 38.3. The number of amides is 1. The zero-order valence-electron chi connectivity index (χ0n) is 16.8. The van der Waals surface area contributed by atoms with Crippen LogP contribution in [0.1, 0.15) is 53.6 Å². The van der Waals surface area contributed by atoms with E-state index < -0.39 is 11.7 Å². The van der Waals surface area contributed by atoms with Gasteiger partial charge in [0.05, 0.1) is 11.6 Å². The Hall–Kier alpha value is -2.76. The van der Waals surface area contributed by atoms with Crippen molar-refractivity contribution >= 4 is 17.3 Å². The molecule has 0 fully saturated rings. The van der Waals surface area contributed by atoms with Gasteiger partial charge in [0.1, 0.15) is 0 Å². The predicted octanol–water partition coefficient (Wildman–Crippen LogP) is 6.33. The third kappa shape index (κ3) is 4.63. The standard InChI is InChI=1S/C23H25F3N2O/c1-13(2)11-21(29)28-22-14(3)12-19-18(15(22)4)9-10-20(19)27-17-7-5-16(6-8-17)23(24,25)26/h5-8,12,20,27H,1,9-11H2,2-4H3,(H,28,29). The first-order valence-corrected chi connectivity index (χ1v) is 9.57. The van der Waals surface area contributed by atoms with Gasteiger partial charge in [-0.15, -0.1) is 0 Å². The monoisotopic (exact) mass is 402 g/mol. The van der Waals surface area contributed by atoms with E-state index in [0.29, 0.717) is 5.69 Å². The average molecular weight is 402 g/mol. The zero-order valence-corrected chi connectivity index (χ0v) is 16.8. The van der Waals surface area contributed by atoms with Crippen LogP contribution < -0.4 is 10.6 Å². The molecule has 0 aromatic heterocycles. The quantitative estimate of drug-likeness (QED) is 0.574. The molecule has 1 aliphatic carbocycles. The Morgan fingerprint density at radius 1 is 1.21 bits per heavy atom. The predicted molar refractivity (Wildman–Crippen MR) is 110 cm³/mol. The summed E-state index contributed by atoms with van der Waals surface area (Å²) in [6.07, 6.45) is -2.35. The number of fused-ring (bicyclic) bond motifs is 1. The fourth-order valence-electron chi connectivity index (χ4n) is 3.90. The summed E-state index contributed by atoms with van der Waals surface area (Å²) >= 11 is 0. The van der Waals surface area contributed by atoms with E-state index in [9.17, 15) is 18.0 Å². The molecule has 0 bridgehead atoms. The SMILES string of the molecule is C=C(C)CC(=O)Nc1c(C)cc2c(c1C)CCC2Nc1ccc(C(F)(F)F)cc1. The molecule has 29 heavy (non-hydrogen) atoms. The molecule has 3 rings (SSSR count). The Bertz CT molecular complexity index is 946. The van der Waals surface area contributed by atoms with E-state index in [2.05, 4.69) is 23.3 Å². The van der Waals surface area contributed by atoms with Gasteiger partial charge < -0.3 is 10.6 Å². The molecule has 0 heterocycles. The first kappa shape index (κ1) is 21.0. The van der Waals surface area contributed by atoms with Crippen molar-refractivity contribution in [2.45, 2.75) is 52.3 Å². The Kier molecular flexibility index (Phi) is 5.73. The fraction of sp³-hybridized carbons (Fsp3) is 0.348. The van der Waals surface area contributed by atoms with Crippen molar-refractivity contribution < 1.29 is 18.0 Å². The topological polar surface area (TPSA) is 41.1 Å². The van der Waals surface area contributed by atoms with Crippen LogP contribution in [0, 0.1) is 13.8 Å². The number of carbonyl (C=O) groups is 1. The molecule has 1 unspecified atom stereocenters. The molecule has 0 radical (unpaired) electrons. The van der Waals surface area contributed by atoms with E-state index in [0.717, 1.165) is 52.9 Å². The Labute approximate surface area is 169 Å². The van der Waals surface area contributed by atoms with Gasteiger partial charge in [-0.2, -0.15) is 13.2 Å². The van der Waals surface area contributed by atoms with Crippen molar-refractivity contribution in [3.8, 4) is 0 Å². The van der Waals surface area contributed by atoms with Gasteiger partial charge in [0.2, 0.25) is 5.91 Å². The minimum absolute atomic E-state index is 0.0271. The Morgan fingerprint density at radius 2 is 1.86 bits per heavy atom. The third-order valence-electron chi connectivity index (χ3n) is 5.28. The van der Waals surface area contributed by atoms with Gasteiger partial charge in [-0.05, 0) is 80.1 Å². The lowest BCUT2D eigenvalue weighted by Crippen LogP contribution is -2.15. The van der Waals surface area contributed by atoms with Crippen LogP contribution in [-0.4, -0.2) is 5.91 Å². The molecule has 0 spiro atoms. The van der Waals surface area contributed by atoms with Crippen LogP contribution in [0.5, 0.6) is 0 Å². The lowest BCUT2D eigenvalue weighted by Gasteiger charge is -2.20. The Balaban J connectivity index is 1.81. The number of rotatable bonds is 5. The van der Waals surface area contributed by atoms with Gasteiger partial charge in [0.25, 0.3) is 0 Å². The summed E-state index contributed by atoms with van der Waals surface area (Å²) in [7, 11) is 0. The summed E-state index contributed by atoms with van der Waals surface area (Å²) in [5, 5.41) is 6.35. The van der Waals surface area contributed by atoms with Crippen molar-refractivity contribution in [1.82, 2.24) is 0 Å². The summed E-state index contributed by atoms with van der Waals surface area (Å²) in [6, 6.07) is 7.20. The number of anilines is 2. The third-order valence-corrected chi connectivity index (χ3v) is 5.28. The second kappa shape index (κ2) is 7.93.